The molecule has 4 aromatic carbocycles. The molecule has 122 heavy (non-hydrogen) atoms. The Hall–Kier alpha value is -14.6. The van der Waals surface area contributed by atoms with Crippen LogP contribution in [-0.2, 0) is 46.9 Å². The van der Waals surface area contributed by atoms with Crippen molar-refractivity contribution in [2.45, 2.75) is 125 Å². The summed E-state index contributed by atoms with van der Waals surface area (Å²) in [4.78, 5) is 138. The summed E-state index contributed by atoms with van der Waals surface area (Å²) in [5, 5.41) is 30.5. The standard InChI is InChI=1S/C23H19F2N5O3.C21H17F2N5O3.2C20H15F2N5O2/c24-14-10-13(28-19(31)16-4-1-2-9-26-16)11-15(25)18(14)29-20(32)22(7-8-22)30-17(12-27-21(29)30)23(33)5-3-6-23;1-11(29)16-10-25-20-27(19(31)21(5-6-21)28(16)20)17-13(22)8-12(9-14(17)23)26-18(30)15-4-2-3-7-24-15;2*1-11-10-24-19-26(18(29)20(5-6-20)27(11)19)16-13(21)8-12(9-14(16)22)25-17(28)15-4-2-3-7-23-15/h1-2,4,9-12,33H,3,5-8H2,(H,28,31);2-4,7-11,29H,5-6H2,1H3,(H,26,30);2*2-4,7-10H,5-6H2,1H3,(H,25,28). The van der Waals surface area contributed by atoms with Crippen LogP contribution in [0.15, 0.2) is 171 Å². The first kappa shape index (κ1) is 78.6. The number of aliphatic hydroxyl groups excluding tert-OH is 1. The average Bonchev–Trinajstić information content (AvgIpc) is 1.52. The highest BCUT2D eigenvalue weighted by Gasteiger charge is 2.66. The van der Waals surface area contributed by atoms with Crippen LogP contribution in [0.2, 0.25) is 0 Å². The van der Waals surface area contributed by atoms with E-state index in [0.29, 0.717) is 75.6 Å². The zero-order chi connectivity index (χ0) is 85.5. The Morgan fingerprint density at radius 1 is 0.361 bits per heavy atom. The smallest absolute Gasteiger partial charge is 0.274 e. The molecular weight excluding hydrogens is 1600 g/mol. The minimum Gasteiger partial charge on any atom is -0.387 e. The highest BCUT2D eigenvalue weighted by atomic mass is 19.2. The fourth-order valence-corrected chi connectivity index (χ4v) is 16.3. The fraction of sp³-hybridized carbons (Fsp3) is 0.238. The van der Waals surface area contributed by atoms with Crippen LogP contribution in [0.4, 0.5) is 104 Å². The number of aromatic nitrogens is 12. The Kier molecular flexibility index (Phi) is 18.8. The number of aryl methyl sites for hydroxylation is 2. The van der Waals surface area contributed by atoms with Gasteiger partial charge in [-0.2, -0.15) is 0 Å². The zero-order valence-corrected chi connectivity index (χ0v) is 64.4. The number of hydrogen-bond donors (Lipinski definition) is 6. The van der Waals surface area contributed by atoms with Crippen molar-refractivity contribution in [3.63, 3.8) is 0 Å². The highest BCUT2D eigenvalue weighted by Crippen LogP contribution is 2.61. The number of fused-ring (bicyclic) bond motifs is 8. The number of benzene rings is 4. The summed E-state index contributed by atoms with van der Waals surface area (Å²) in [6.45, 7) is 5.14. The van der Waals surface area contributed by atoms with Crippen molar-refractivity contribution in [1.29, 1.82) is 0 Å². The number of imidazole rings is 4. The molecule has 618 valence electrons. The van der Waals surface area contributed by atoms with Crippen molar-refractivity contribution in [2.75, 3.05) is 40.9 Å². The first-order valence-electron chi connectivity index (χ1n) is 38.4. The van der Waals surface area contributed by atoms with Crippen molar-refractivity contribution in [2.24, 2.45) is 0 Å². The number of halogens is 8. The number of anilines is 12. The normalized spacial score (nSPS) is 17.3. The number of amides is 8. The van der Waals surface area contributed by atoms with Crippen LogP contribution in [0.1, 0.15) is 148 Å². The number of hydrogen-bond acceptors (Lipinski definition) is 18. The summed E-state index contributed by atoms with van der Waals surface area (Å²) in [6.07, 6.45) is 17.3. The van der Waals surface area contributed by atoms with E-state index in [2.05, 4.69) is 61.1 Å². The van der Waals surface area contributed by atoms with E-state index in [9.17, 15) is 66.1 Å². The van der Waals surface area contributed by atoms with Crippen LogP contribution in [-0.4, -0.2) is 116 Å². The van der Waals surface area contributed by atoms with Gasteiger partial charge in [0.2, 0.25) is 23.8 Å². The van der Waals surface area contributed by atoms with Gasteiger partial charge in [-0.05, 0) is 188 Å². The minimum absolute atomic E-state index is 0.0569. The number of aliphatic hydroxyl groups is 2. The topological polar surface area (TPSA) is 361 Å². The second-order valence-electron chi connectivity index (χ2n) is 30.7. The maximum atomic E-state index is 15.2. The molecule has 8 amide bonds. The monoisotopic (exact) mass is 1670 g/mol. The largest absolute Gasteiger partial charge is 0.387 e. The molecule has 12 aromatic rings. The molecule has 1 atom stereocenters. The third kappa shape index (κ3) is 12.8. The highest BCUT2D eigenvalue weighted by molar-refractivity contribution is 6.13. The number of carbonyl (C=O) groups excluding carboxylic acids is 8. The Bertz CT molecular complexity index is 6130. The molecule has 0 radical (unpaired) electrons. The molecule has 12 heterocycles. The molecule has 0 bridgehead atoms. The maximum Gasteiger partial charge on any atom is 0.274 e. The third-order valence-corrected chi connectivity index (χ3v) is 22.8. The third-order valence-electron chi connectivity index (χ3n) is 22.8. The van der Waals surface area contributed by atoms with Gasteiger partial charge in [-0.25, -0.2) is 74.7 Å². The summed E-state index contributed by atoms with van der Waals surface area (Å²) in [7, 11) is 0. The number of nitrogens with zero attached hydrogens (tertiary/aromatic N) is 16. The van der Waals surface area contributed by atoms with Crippen molar-refractivity contribution in [3.8, 4) is 0 Å². The van der Waals surface area contributed by atoms with Gasteiger partial charge >= 0.3 is 0 Å². The van der Waals surface area contributed by atoms with E-state index in [0.717, 1.165) is 85.9 Å². The molecule has 38 heteroatoms. The summed E-state index contributed by atoms with van der Waals surface area (Å²) < 4.78 is 127. The first-order chi connectivity index (χ1) is 58.5. The molecule has 4 spiro atoms. The van der Waals surface area contributed by atoms with Gasteiger partial charge in [0.25, 0.3) is 47.3 Å². The fourth-order valence-electron chi connectivity index (χ4n) is 16.3. The molecule has 30 nitrogen and oxygen atoms in total. The van der Waals surface area contributed by atoms with Gasteiger partial charge in [-0.1, -0.05) is 24.3 Å². The van der Waals surface area contributed by atoms with Gasteiger partial charge in [0, 0.05) is 58.9 Å². The lowest BCUT2D eigenvalue weighted by atomic mass is 9.78. The van der Waals surface area contributed by atoms with Crippen LogP contribution >= 0.6 is 0 Å². The van der Waals surface area contributed by atoms with Gasteiger partial charge in [-0.3, -0.25) is 76.6 Å². The van der Waals surface area contributed by atoms with E-state index in [1.165, 1.54) is 68.4 Å². The van der Waals surface area contributed by atoms with E-state index in [1.807, 2.05) is 0 Å². The Morgan fingerprint density at radius 2 is 0.615 bits per heavy atom. The lowest BCUT2D eigenvalue weighted by molar-refractivity contribution is -0.122. The molecule has 5 saturated carbocycles. The van der Waals surface area contributed by atoms with Crippen molar-refractivity contribution in [3.05, 3.63) is 263 Å². The summed E-state index contributed by atoms with van der Waals surface area (Å²) >= 11 is 0. The SMILES string of the molecule is CC(O)c1cnc2n1C1(CC1)C(=O)N2c1c(F)cc(NC(=O)c2ccccn2)cc1F.Cc1cnc2n1C1(CC1)C(=O)N2c1c(F)cc(NC(=O)c2ccccn2)cc1F.Cc1cnc2n1C1(CC1)C(=O)N2c1c(F)cc(NC(=O)c2ccccn2)cc1F.O=C(Nc1cc(F)c(N2C(=O)C3(CC3)n3c(C4(O)CCC4)cnc32)c(F)c1)c1ccccn1. The molecule has 0 saturated heterocycles. The summed E-state index contributed by atoms with van der Waals surface area (Å²) in [5.74, 6) is -11.6. The van der Waals surface area contributed by atoms with Gasteiger partial charge in [0.1, 0.15) is 73.3 Å². The van der Waals surface area contributed by atoms with Crippen molar-refractivity contribution in [1.82, 2.24) is 58.1 Å². The molecule has 4 aliphatic heterocycles. The molecule has 1 unspecified atom stereocenters. The Morgan fingerprint density at radius 3 is 0.869 bits per heavy atom. The first-order valence-corrected chi connectivity index (χ1v) is 38.4. The van der Waals surface area contributed by atoms with E-state index >= 15 is 17.6 Å². The van der Waals surface area contributed by atoms with Crippen LogP contribution in [0, 0.1) is 60.4 Å². The second-order valence-corrected chi connectivity index (χ2v) is 30.7. The van der Waals surface area contributed by atoms with Crippen LogP contribution in [0.5, 0.6) is 0 Å². The lowest BCUT2D eigenvalue weighted by Crippen LogP contribution is -2.38. The van der Waals surface area contributed by atoms with E-state index < -0.39 is 150 Å². The van der Waals surface area contributed by atoms with E-state index in [4.69, 9.17) is 0 Å². The predicted molar refractivity (Wildman–Crippen MR) is 418 cm³/mol. The van der Waals surface area contributed by atoms with Gasteiger partial charge in [-0.15, -0.1) is 0 Å². The maximum absolute atomic E-state index is 15.2. The summed E-state index contributed by atoms with van der Waals surface area (Å²) in [5.41, 5.74) is -4.26. The van der Waals surface area contributed by atoms with Gasteiger partial charge < -0.3 is 31.5 Å². The minimum atomic E-state index is -1.08. The average molecular weight is 1670 g/mol. The molecule has 5 aliphatic carbocycles. The summed E-state index contributed by atoms with van der Waals surface area (Å²) in [6, 6.07) is 26.7. The molecule has 5 fully saturated rings. The van der Waals surface area contributed by atoms with Crippen LogP contribution < -0.4 is 40.9 Å². The number of carbonyl (C=O) groups is 8. The molecule has 9 aliphatic rings. The predicted octanol–water partition coefficient (Wildman–Crippen LogP) is 12.9. The Labute approximate surface area is 684 Å². The zero-order valence-electron chi connectivity index (χ0n) is 64.4. The van der Waals surface area contributed by atoms with Gasteiger partial charge in [0.15, 0.2) is 46.5 Å². The Balaban J connectivity index is 0.000000111. The molecule has 6 N–H and O–H groups in total. The van der Waals surface area contributed by atoms with Crippen molar-refractivity contribution >= 4 is 117 Å². The molecular formula is C84H66F8N20O10. The van der Waals surface area contributed by atoms with Crippen LogP contribution in [0.25, 0.3) is 0 Å². The quantitative estimate of drug-likeness (QED) is 0.0551. The lowest BCUT2D eigenvalue weighted by Gasteiger charge is -2.37. The molecule has 21 rings (SSSR count). The number of rotatable bonds is 14. The van der Waals surface area contributed by atoms with E-state index in [-0.39, 0.29) is 69.3 Å². The number of nitrogens with one attached hydrogen (secondary N) is 4. The van der Waals surface area contributed by atoms with Crippen LogP contribution in [0.3, 0.4) is 0 Å². The second kappa shape index (κ2) is 29.2. The van der Waals surface area contributed by atoms with Gasteiger partial charge in [0.05, 0.1) is 42.3 Å². The van der Waals surface area contributed by atoms with E-state index in [1.54, 1.807) is 93.0 Å². The van der Waals surface area contributed by atoms with Crippen molar-refractivity contribution < 1.29 is 83.7 Å². The molecule has 8 aromatic heterocycles. The number of pyridine rings is 4.